The predicted octanol–water partition coefficient (Wildman–Crippen LogP) is 3.80. The monoisotopic (exact) mass is 288 g/mol. The maximum Gasteiger partial charge on any atom is 0.174 e. The van der Waals surface area contributed by atoms with Gasteiger partial charge in [0.1, 0.15) is 5.01 Å². The minimum absolute atomic E-state index is 0.104. The molecule has 0 saturated carbocycles. The SMILES string of the molecule is CCC(Nc1cc(Cl)nnc1Cl)c1nccs1. The second-order valence-corrected chi connectivity index (χ2v) is 5.02. The van der Waals surface area contributed by atoms with Crippen molar-refractivity contribution in [1.82, 2.24) is 15.2 Å². The Morgan fingerprint density at radius 1 is 1.41 bits per heavy atom. The van der Waals surface area contributed by atoms with Gasteiger partial charge in [0, 0.05) is 17.6 Å². The Labute approximate surface area is 113 Å². The lowest BCUT2D eigenvalue weighted by atomic mass is 10.2. The first-order valence-electron chi connectivity index (χ1n) is 5.05. The molecular formula is C10H10Cl2N4S. The van der Waals surface area contributed by atoms with Crippen LogP contribution in [0, 0.1) is 0 Å². The van der Waals surface area contributed by atoms with Gasteiger partial charge in [-0.25, -0.2) is 4.98 Å². The number of rotatable bonds is 4. The van der Waals surface area contributed by atoms with Crippen LogP contribution in [0.5, 0.6) is 0 Å². The molecule has 4 nitrogen and oxygen atoms in total. The molecule has 0 saturated heterocycles. The summed E-state index contributed by atoms with van der Waals surface area (Å²) in [5.74, 6) is 0. The third-order valence-electron chi connectivity index (χ3n) is 2.21. The number of anilines is 1. The molecular weight excluding hydrogens is 279 g/mol. The third kappa shape index (κ3) is 3.06. The van der Waals surface area contributed by atoms with E-state index >= 15 is 0 Å². The predicted molar refractivity (Wildman–Crippen MR) is 70.8 cm³/mol. The Hall–Kier alpha value is -0.910. The van der Waals surface area contributed by atoms with Gasteiger partial charge < -0.3 is 5.32 Å². The fourth-order valence-corrected chi connectivity index (χ4v) is 2.45. The van der Waals surface area contributed by atoms with Crippen LogP contribution >= 0.6 is 34.5 Å². The van der Waals surface area contributed by atoms with Gasteiger partial charge in [0.25, 0.3) is 0 Å². The van der Waals surface area contributed by atoms with Crippen LogP contribution in [0.1, 0.15) is 24.4 Å². The van der Waals surface area contributed by atoms with Crippen LogP contribution in [0.25, 0.3) is 0 Å². The average Bonchev–Trinajstić information content (AvgIpc) is 2.84. The van der Waals surface area contributed by atoms with Crippen LogP contribution in [0.2, 0.25) is 10.3 Å². The molecule has 2 aromatic rings. The highest BCUT2D eigenvalue weighted by Gasteiger charge is 2.14. The van der Waals surface area contributed by atoms with Gasteiger partial charge in [-0.2, -0.15) is 0 Å². The van der Waals surface area contributed by atoms with Crippen molar-refractivity contribution in [3.8, 4) is 0 Å². The highest BCUT2D eigenvalue weighted by Crippen LogP contribution is 2.28. The molecule has 90 valence electrons. The highest BCUT2D eigenvalue weighted by atomic mass is 35.5. The first kappa shape index (κ1) is 12.5. The zero-order chi connectivity index (χ0) is 12.3. The molecule has 2 rings (SSSR count). The van der Waals surface area contributed by atoms with Gasteiger partial charge in [-0.05, 0) is 6.42 Å². The Balaban J connectivity index is 2.21. The summed E-state index contributed by atoms with van der Waals surface area (Å²) in [4.78, 5) is 4.28. The second-order valence-electron chi connectivity index (χ2n) is 3.35. The van der Waals surface area contributed by atoms with Gasteiger partial charge >= 0.3 is 0 Å². The van der Waals surface area contributed by atoms with Crippen molar-refractivity contribution in [1.29, 1.82) is 0 Å². The fourth-order valence-electron chi connectivity index (χ4n) is 1.39. The summed E-state index contributed by atoms with van der Waals surface area (Å²) in [6, 6.07) is 1.76. The van der Waals surface area contributed by atoms with E-state index in [1.54, 1.807) is 23.6 Å². The van der Waals surface area contributed by atoms with E-state index in [4.69, 9.17) is 23.2 Å². The Kier molecular flexibility index (Phi) is 4.15. The summed E-state index contributed by atoms with van der Waals surface area (Å²) in [5, 5.41) is 14.3. The van der Waals surface area contributed by atoms with Gasteiger partial charge in [0.05, 0.1) is 11.7 Å². The Morgan fingerprint density at radius 3 is 2.88 bits per heavy atom. The van der Waals surface area contributed by atoms with Crippen molar-refractivity contribution in [3.63, 3.8) is 0 Å². The molecule has 0 radical (unpaired) electrons. The molecule has 7 heteroatoms. The van der Waals surface area contributed by atoms with Crippen LogP contribution in [-0.2, 0) is 0 Å². The standard InChI is InChI=1S/C10H10Cl2N4S/c1-2-6(10-13-3-4-17-10)14-7-5-8(11)15-16-9(7)12/h3-6H,2H2,1H3,(H,14,15). The maximum atomic E-state index is 5.95. The van der Waals surface area contributed by atoms with E-state index in [-0.39, 0.29) is 6.04 Å². The molecule has 0 aromatic carbocycles. The summed E-state index contributed by atoms with van der Waals surface area (Å²) in [5.41, 5.74) is 0.675. The van der Waals surface area contributed by atoms with Crippen molar-refractivity contribution < 1.29 is 0 Å². The molecule has 1 N–H and O–H groups in total. The van der Waals surface area contributed by atoms with E-state index in [1.165, 1.54) is 0 Å². The van der Waals surface area contributed by atoms with Gasteiger partial charge in [-0.3, -0.25) is 0 Å². The topological polar surface area (TPSA) is 50.7 Å². The second kappa shape index (κ2) is 5.62. The van der Waals surface area contributed by atoms with E-state index in [0.717, 1.165) is 11.4 Å². The van der Waals surface area contributed by atoms with Crippen molar-refractivity contribution >= 4 is 40.2 Å². The lowest BCUT2D eigenvalue weighted by Gasteiger charge is -2.16. The molecule has 0 amide bonds. The summed E-state index contributed by atoms with van der Waals surface area (Å²) in [6.45, 7) is 2.07. The zero-order valence-electron chi connectivity index (χ0n) is 9.02. The van der Waals surface area contributed by atoms with E-state index in [2.05, 4.69) is 27.4 Å². The number of nitrogens with one attached hydrogen (secondary N) is 1. The normalized spacial score (nSPS) is 12.4. The smallest absolute Gasteiger partial charge is 0.174 e. The van der Waals surface area contributed by atoms with Crippen molar-refractivity contribution in [2.45, 2.75) is 19.4 Å². The van der Waals surface area contributed by atoms with Gasteiger partial charge in [-0.15, -0.1) is 21.5 Å². The van der Waals surface area contributed by atoms with Crippen molar-refractivity contribution in [3.05, 3.63) is 33.0 Å². The minimum Gasteiger partial charge on any atom is -0.373 e. The molecule has 1 atom stereocenters. The summed E-state index contributed by atoms with van der Waals surface area (Å²) < 4.78 is 0. The van der Waals surface area contributed by atoms with Crippen LogP contribution < -0.4 is 5.32 Å². The summed E-state index contributed by atoms with van der Waals surface area (Å²) >= 11 is 13.3. The Morgan fingerprint density at radius 2 is 2.24 bits per heavy atom. The molecule has 0 bridgehead atoms. The Bertz CT molecular complexity index is 489. The number of hydrogen-bond acceptors (Lipinski definition) is 5. The lowest BCUT2D eigenvalue weighted by molar-refractivity contribution is 0.740. The van der Waals surface area contributed by atoms with Crippen LogP contribution in [-0.4, -0.2) is 15.2 Å². The average molecular weight is 289 g/mol. The molecule has 17 heavy (non-hydrogen) atoms. The van der Waals surface area contributed by atoms with Crippen LogP contribution in [0.15, 0.2) is 17.6 Å². The molecule has 0 aliphatic heterocycles. The van der Waals surface area contributed by atoms with Crippen LogP contribution in [0.4, 0.5) is 5.69 Å². The van der Waals surface area contributed by atoms with Gasteiger partial charge in [-0.1, -0.05) is 30.1 Å². The molecule has 0 fully saturated rings. The number of halogens is 2. The molecule has 2 aromatic heterocycles. The number of thiazole rings is 1. The third-order valence-corrected chi connectivity index (χ3v) is 3.56. The minimum atomic E-state index is 0.104. The number of hydrogen-bond donors (Lipinski definition) is 1. The van der Waals surface area contributed by atoms with Crippen molar-refractivity contribution in [2.75, 3.05) is 5.32 Å². The quantitative estimate of drug-likeness (QED) is 0.930. The van der Waals surface area contributed by atoms with Gasteiger partial charge in [0.15, 0.2) is 10.3 Å². The molecule has 0 aliphatic rings. The first-order chi connectivity index (χ1) is 8.20. The summed E-state index contributed by atoms with van der Waals surface area (Å²) in [7, 11) is 0. The van der Waals surface area contributed by atoms with E-state index < -0.39 is 0 Å². The summed E-state index contributed by atoms with van der Waals surface area (Å²) in [6.07, 6.45) is 2.67. The fraction of sp³-hybridized carbons (Fsp3) is 0.300. The largest absolute Gasteiger partial charge is 0.373 e. The van der Waals surface area contributed by atoms with E-state index in [9.17, 15) is 0 Å². The number of aromatic nitrogens is 3. The van der Waals surface area contributed by atoms with E-state index in [0.29, 0.717) is 16.0 Å². The lowest BCUT2D eigenvalue weighted by Crippen LogP contribution is -2.10. The van der Waals surface area contributed by atoms with Gasteiger partial charge in [0.2, 0.25) is 0 Å². The van der Waals surface area contributed by atoms with Crippen molar-refractivity contribution in [2.24, 2.45) is 0 Å². The van der Waals surface area contributed by atoms with E-state index in [1.807, 2.05) is 5.38 Å². The molecule has 1 unspecified atom stereocenters. The zero-order valence-corrected chi connectivity index (χ0v) is 11.4. The maximum absolute atomic E-state index is 5.95. The number of nitrogens with zero attached hydrogens (tertiary/aromatic N) is 3. The molecule has 2 heterocycles. The highest BCUT2D eigenvalue weighted by molar-refractivity contribution is 7.09. The molecule has 0 aliphatic carbocycles. The van der Waals surface area contributed by atoms with Crippen LogP contribution in [0.3, 0.4) is 0 Å². The first-order valence-corrected chi connectivity index (χ1v) is 6.69. The molecule has 0 spiro atoms.